The first-order valence-electron chi connectivity index (χ1n) is 11.1. The van der Waals surface area contributed by atoms with Gasteiger partial charge in [0, 0.05) is 48.9 Å². The highest BCUT2D eigenvalue weighted by Gasteiger charge is 2.23. The number of hydrogen-bond donors (Lipinski definition) is 1. The number of benzene rings is 2. The maximum Gasteiger partial charge on any atom is 0.255 e. The maximum atomic E-state index is 13.1. The summed E-state index contributed by atoms with van der Waals surface area (Å²) in [5, 5.41) is 0.483. The molecule has 0 bridgehead atoms. The zero-order valence-electron chi connectivity index (χ0n) is 19.2. The normalized spacial score (nSPS) is 13.7. The first-order chi connectivity index (χ1) is 16.4. The topological polar surface area (TPSA) is 78.5 Å². The lowest BCUT2D eigenvalue weighted by Gasteiger charge is -2.36. The van der Waals surface area contributed by atoms with Crippen molar-refractivity contribution in [1.29, 1.82) is 0 Å². The van der Waals surface area contributed by atoms with Crippen LogP contribution in [0.3, 0.4) is 0 Å². The lowest BCUT2D eigenvalue weighted by Crippen LogP contribution is -2.49. The number of nitrogens with zero attached hydrogens (tertiary/aromatic N) is 3. The zero-order valence-corrected chi connectivity index (χ0v) is 20.0. The van der Waals surface area contributed by atoms with Gasteiger partial charge in [-0.1, -0.05) is 23.9 Å². The fourth-order valence-corrected chi connectivity index (χ4v) is 4.73. The number of piperazine rings is 1. The highest BCUT2D eigenvalue weighted by molar-refractivity contribution is 7.98. The first kappa shape index (κ1) is 23.8. The van der Waals surface area contributed by atoms with Crippen LogP contribution in [-0.4, -0.2) is 54.1 Å². The molecule has 2 aromatic carbocycles. The molecular weight excluding hydrogens is 455 g/mol. The van der Waals surface area contributed by atoms with Gasteiger partial charge in [-0.25, -0.2) is 9.37 Å². The summed E-state index contributed by atoms with van der Waals surface area (Å²) in [7, 11) is 1.64. The number of carbonyl (C=O) groups excluding carboxylic acids is 1. The maximum absolute atomic E-state index is 13.1. The van der Waals surface area contributed by atoms with Crippen LogP contribution >= 0.6 is 11.8 Å². The van der Waals surface area contributed by atoms with Gasteiger partial charge < -0.3 is 19.5 Å². The molecule has 7 nitrogen and oxygen atoms in total. The smallest absolute Gasteiger partial charge is 0.255 e. The lowest BCUT2D eigenvalue weighted by molar-refractivity contribution is -0.130. The van der Waals surface area contributed by atoms with Gasteiger partial charge in [0.15, 0.2) is 5.16 Å². The third kappa shape index (κ3) is 5.77. The summed E-state index contributed by atoms with van der Waals surface area (Å²) in [6.45, 7) is 4.40. The summed E-state index contributed by atoms with van der Waals surface area (Å²) < 4.78 is 18.3. The van der Waals surface area contributed by atoms with Crippen molar-refractivity contribution in [3.05, 3.63) is 81.5 Å². The van der Waals surface area contributed by atoms with Crippen LogP contribution in [0.2, 0.25) is 0 Å². The van der Waals surface area contributed by atoms with Crippen LogP contribution in [0, 0.1) is 12.7 Å². The van der Waals surface area contributed by atoms with Crippen molar-refractivity contribution in [2.75, 3.05) is 38.2 Å². The highest BCUT2D eigenvalue weighted by Crippen LogP contribution is 2.22. The van der Waals surface area contributed by atoms with Gasteiger partial charge in [-0.05, 0) is 48.9 Å². The first-order valence-corrected chi connectivity index (χ1v) is 12.1. The van der Waals surface area contributed by atoms with E-state index in [0.717, 1.165) is 30.1 Å². The van der Waals surface area contributed by atoms with Gasteiger partial charge in [-0.15, -0.1) is 0 Å². The zero-order chi connectivity index (χ0) is 24.1. The lowest BCUT2D eigenvalue weighted by atomic mass is 10.1. The molecule has 2 heterocycles. The number of nitrogens with one attached hydrogen (secondary N) is 1. The number of amides is 1. The highest BCUT2D eigenvalue weighted by atomic mass is 32.2. The van der Waals surface area contributed by atoms with E-state index in [0.29, 0.717) is 35.3 Å². The molecule has 1 aromatic heterocycles. The molecule has 1 aliphatic rings. The average molecular weight is 483 g/mol. The molecule has 1 saturated heterocycles. The Hall–Kier alpha value is -3.33. The van der Waals surface area contributed by atoms with Gasteiger partial charge in [-0.2, -0.15) is 0 Å². The molecule has 4 rings (SSSR count). The number of aromatic amines is 1. The minimum absolute atomic E-state index is 0.0274. The van der Waals surface area contributed by atoms with E-state index < -0.39 is 0 Å². The van der Waals surface area contributed by atoms with Gasteiger partial charge >= 0.3 is 0 Å². The Labute approximate surface area is 202 Å². The summed E-state index contributed by atoms with van der Waals surface area (Å²) in [6.07, 6.45) is 0.0274. The van der Waals surface area contributed by atoms with E-state index in [1.807, 2.05) is 24.3 Å². The van der Waals surface area contributed by atoms with Crippen molar-refractivity contribution in [3.63, 3.8) is 0 Å². The second-order valence-electron chi connectivity index (χ2n) is 8.09. The molecule has 0 atom stereocenters. The number of aromatic nitrogens is 2. The van der Waals surface area contributed by atoms with Crippen molar-refractivity contribution in [3.8, 4) is 5.75 Å². The molecule has 0 unspecified atom stereocenters. The molecular formula is C25H27FN4O3S. The Morgan fingerprint density at radius 2 is 1.76 bits per heavy atom. The summed E-state index contributed by atoms with van der Waals surface area (Å²) in [6, 6.07) is 14.1. The Kier molecular flexibility index (Phi) is 7.52. The predicted molar refractivity (Wildman–Crippen MR) is 131 cm³/mol. The van der Waals surface area contributed by atoms with Crippen LogP contribution in [0.25, 0.3) is 0 Å². The minimum Gasteiger partial charge on any atom is -0.497 e. The van der Waals surface area contributed by atoms with E-state index in [1.54, 1.807) is 31.1 Å². The van der Waals surface area contributed by atoms with Crippen LogP contribution < -0.4 is 15.2 Å². The number of ether oxygens (including phenoxy) is 1. The molecule has 0 saturated carbocycles. The number of aryl methyl sites for hydroxylation is 1. The van der Waals surface area contributed by atoms with Crippen molar-refractivity contribution < 1.29 is 13.9 Å². The van der Waals surface area contributed by atoms with Gasteiger partial charge in [-0.3, -0.25) is 9.59 Å². The summed E-state index contributed by atoms with van der Waals surface area (Å²) in [5.41, 5.74) is 2.68. The van der Waals surface area contributed by atoms with Gasteiger partial charge in [0.1, 0.15) is 11.6 Å². The molecule has 1 aliphatic heterocycles. The third-order valence-electron chi connectivity index (χ3n) is 5.89. The number of rotatable bonds is 7. The number of H-pyrrole nitrogens is 1. The summed E-state index contributed by atoms with van der Waals surface area (Å²) >= 11 is 1.37. The number of methoxy groups -OCH3 is 1. The van der Waals surface area contributed by atoms with Crippen LogP contribution in [0.5, 0.6) is 5.75 Å². The standard InChI is InChI=1S/C25H27FN4O3S/c1-17-22(24(32)28-25(27-17)34-16-18-3-5-19(26)6-4-18)15-23(31)30-13-11-29(12-14-30)20-7-9-21(33-2)10-8-20/h3-10H,11-16H2,1-2H3,(H,27,28,32). The number of thioether (sulfide) groups is 1. The van der Waals surface area contributed by atoms with Gasteiger partial charge in [0.25, 0.3) is 5.56 Å². The molecule has 1 N–H and O–H groups in total. The average Bonchev–Trinajstić information content (AvgIpc) is 2.86. The van der Waals surface area contributed by atoms with Gasteiger partial charge in [0.2, 0.25) is 5.91 Å². The van der Waals surface area contributed by atoms with Gasteiger partial charge in [0.05, 0.1) is 13.5 Å². The van der Waals surface area contributed by atoms with Crippen molar-refractivity contribution in [2.45, 2.75) is 24.3 Å². The molecule has 3 aromatic rings. The van der Waals surface area contributed by atoms with E-state index in [1.165, 1.54) is 23.9 Å². The Morgan fingerprint density at radius 1 is 1.09 bits per heavy atom. The fourth-order valence-electron chi connectivity index (χ4n) is 3.86. The Bertz CT molecular complexity index is 1190. The summed E-state index contributed by atoms with van der Waals surface area (Å²) in [5.74, 6) is 1.01. The number of anilines is 1. The quantitative estimate of drug-likeness (QED) is 0.411. The molecule has 1 fully saturated rings. The van der Waals surface area contributed by atoms with E-state index in [4.69, 9.17) is 4.74 Å². The van der Waals surface area contributed by atoms with Crippen molar-refractivity contribution in [1.82, 2.24) is 14.9 Å². The van der Waals surface area contributed by atoms with E-state index in [-0.39, 0.29) is 23.7 Å². The van der Waals surface area contributed by atoms with Crippen LogP contribution in [0.15, 0.2) is 58.5 Å². The SMILES string of the molecule is COc1ccc(N2CCN(C(=O)Cc3c(C)nc(SCc4ccc(F)cc4)[nH]c3=O)CC2)cc1. The number of carbonyl (C=O) groups is 1. The molecule has 0 aliphatic carbocycles. The molecule has 9 heteroatoms. The summed E-state index contributed by atoms with van der Waals surface area (Å²) in [4.78, 5) is 36.9. The largest absolute Gasteiger partial charge is 0.497 e. The van der Waals surface area contributed by atoms with E-state index in [2.05, 4.69) is 14.9 Å². The molecule has 0 spiro atoms. The monoisotopic (exact) mass is 482 g/mol. The van der Waals surface area contributed by atoms with Crippen LogP contribution in [0.4, 0.5) is 10.1 Å². The Balaban J connectivity index is 1.33. The second-order valence-corrected chi connectivity index (χ2v) is 9.06. The van der Waals surface area contributed by atoms with Crippen molar-refractivity contribution in [2.24, 2.45) is 0 Å². The fraction of sp³-hybridized carbons (Fsp3) is 0.320. The molecule has 34 heavy (non-hydrogen) atoms. The molecule has 1 amide bonds. The number of halogens is 1. The molecule has 0 radical (unpaired) electrons. The third-order valence-corrected chi connectivity index (χ3v) is 6.83. The van der Waals surface area contributed by atoms with E-state index in [9.17, 15) is 14.0 Å². The predicted octanol–water partition coefficient (Wildman–Crippen LogP) is 3.41. The van der Waals surface area contributed by atoms with Crippen molar-refractivity contribution >= 4 is 23.4 Å². The molecule has 178 valence electrons. The second kappa shape index (κ2) is 10.7. The van der Waals surface area contributed by atoms with Crippen LogP contribution in [-0.2, 0) is 17.0 Å². The Morgan fingerprint density at radius 3 is 2.38 bits per heavy atom. The van der Waals surface area contributed by atoms with E-state index >= 15 is 0 Å². The number of hydrogen-bond acceptors (Lipinski definition) is 6. The van der Waals surface area contributed by atoms with Crippen LogP contribution in [0.1, 0.15) is 16.8 Å². The minimum atomic E-state index is -0.292.